The Morgan fingerprint density at radius 3 is 2.81 bits per heavy atom. The van der Waals surface area contributed by atoms with E-state index < -0.39 is 0 Å². The summed E-state index contributed by atoms with van der Waals surface area (Å²) in [5, 5.41) is 0. The Morgan fingerprint density at radius 2 is 2.31 bits per heavy atom. The Labute approximate surface area is 97.3 Å². The topological polar surface area (TPSA) is 27.9 Å². The van der Waals surface area contributed by atoms with Crippen LogP contribution in [0.2, 0.25) is 0 Å². The van der Waals surface area contributed by atoms with Gasteiger partial charge in [-0.3, -0.25) is 9.69 Å². The number of hydrogen-bond acceptors (Lipinski definition) is 2. The van der Waals surface area contributed by atoms with E-state index in [1.807, 2.05) is 0 Å². The maximum Gasteiger partial charge on any atom is 0.246 e. The molecule has 88 valence electrons. The van der Waals surface area contributed by atoms with Crippen LogP contribution in [-0.2, 0) is 4.79 Å². The average Bonchev–Trinajstić information content (AvgIpc) is 2.28. The van der Waals surface area contributed by atoms with Gasteiger partial charge in [-0.1, -0.05) is 6.58 Å². The molecule has 1 atom stereocenters. The highest BCUT2D eigenvalue weighted by Gasteiger charge is 2.31. The van der Waals surface area contributed by atoms with Crippen molar-refractivity contribution in [1.29, 1.82) is 0 Å². The third-order valence-electron chi connectivity index (χ3n) is 3.00. The number of carbonyl (C=O) groups excluding carboxylic acids is 1. The fourth-order valence-corrected chi connectivity index (χ4v) is 2.02. The lowest BCUT2D eigenvalue weighted by Gasteiger charge is -2.40. The van der Waals surface area contributed by atoms with Gasteiger partial charge < -0.3 is 9.74 Å². The van der Waals surface area contributed by atoms with Crippen LogP contribution >= 0.6 is 0 Å². The zero-order valence-corrected chi connectivity index (χ0v) is 10.0. The highest BCUT2D eigenvalue weighted by Crippen LogP contribution is 2.13. The second-order valence-electron chi connectivity index (χ2n) is 4.32. The lowest BCUT2D eigenvalue weighted by atomic mass is 10.1. The second kappa shape index (κ2) is 5.66. The molecule has 0 spiro atoms. The summed E-state index contributed by atoms with van der Waals surface area (Å²) in [4.78, 5) is 19.1. The summed E-state index contributed by atoms with van der Waals surface area (Å²) >= 11 is 0. The normalized spacial score (nSPS) is 21.9. The molecule has 0 N–H and O–H groups in total. The zero-order chi connectivity index (χ0) is 12.1. The van der Waals surface area contributed by atoms with Crippen molar-refractivity contribution in [3.8, 4) is 0 Å². The van der Waals surface area contributed by atoms with Crippen molar-refractivity contribution in [3.63, 3.8) is 0 Å². The van der Waals surface area contributed by atoms with Crippen molar-refractivity contribution in [2.75, 3.05) is 26.2 Å². The number of hydrogen-bond donors (Lipinski definition) is 0. The van der Waals surface area contributed by atoms with E-state index in [9.17, 15) is 4.79 Å². The molecule has 1 rings (SSSR count). The predicted octanol–water partition coefficient (Wildman–Crippen LogP) is 1.01. The highest BCUT2D eigenvalue weighted by molar-refractivity contribution is 5.87. The van der Waals surface area contributed by atoms with E-state index in [2.05, 4.69) is 30.2 Å². The van der Waals surface area contributed by atoms with Crippen LogP contribution in [0.15, 0.2) is 12.7 Å². The van der Waals surface area contributed by atoms with Crippen LogP contribution in [0.5, 0.6) is 0 Å². The molecule has 4 heteroatoms. The van der Waals surface area contributed by atoms with Gasteiger partial charge in [-0.15, -0.1) is 0 Å². The molecular weight excluding hydrogens is 202 g/mol. The van der Waals surface area contributed by atoms with Gasteiger partial charge in [-0.2, -0.15) is 0 Å². The molecule has 0 aromatic carbocycles. The van der Waals surface area contributed by atoms with E-state index in [0.717, 1.165) is 13.1 Å². The van der Waals surface area contributed by atoms with Crippen LogP contribution in [0.4, 0.5) is 0 Å². The fourth-order valence-electron chi connectivity index (χ4n) is 2.02. The van der Waals surface area contributed by atoms with Crippen LogP contribution in [-0.4, -0.2) is 54.0 Å². The minimum atomic E-state index is -0.0583. The van der Waals surface area contributed by atoms with E-state index in [1.54, 1.807) is 4.90 Å². The van der Waals surface area contributed by atoms with Gasteiger partial charge in [0.15, 0.2) is 0 Å². The number of nitrogens with zero attached hydrogens (tertiary/aromatic N) is 3. The van der Waals surface area contributed by atoms with Gasteiger partial charge in [0.1, 0.15) is 6.04 Å². The molecule has 1 aliphatic rings. The Bertz CT molecular complexity index is 306. The minimum Gasteiger partial charge on any atom is -0.326 e. The monoisotopic (exact) mass is 221 g/mol. The SMILES string of the molecule is [C-]#[N+]CC1CN(C(C)C)CCN1C(=O)C=C. The third-order valence-corrected chi connectivity index (χ3v) is 3.00. The highest BCUT2D eigenvalue weighted by atomic mass is 16.2. The molecular formula is C12H19N3O. The molecule has 0 bridgehead atoms. The zero-order valence-electron chi connectivity index (χ0n) is 10.0. The fraction of sp³-hybridized carbons (Fsp3) is 0.667. The van der Waals surface area contributed by atoms with Gasteiger partial charge in [0.05, 0.1) is 0 Å². The molecule has 1 amide bonds. The maximum atomic E-state index is 11.6. The van der Waals surface area contributed by atoms with E-state index in [0.29, 0.717) is 19.1 Å². The molecule has 1 heterocycles. The minimum absolute atomic E-state index is 0.0131. The summed E-state index contributed by atoms with van der Waals surface area (Å²) in [5.41, 5.74) is 0. The molecule has 4 nitrogen and oxygen atoms in total. The van der Waals surface area contributed by atoms with E-state index in [-0.39, 0.29) is 11.9 Å². The maximum absolute atomic E-state index is 11.6. The molecule has 16 heavy (non-hydrogen) atoms. The van der Waals surface area contributed by atoms with Gasteiger partial charge in [0.25, 0.3) is 0 Å². The number of carbonyl (C=O) groups is 1. The second-order valence-corrected chi connectivity index (χ2v) is 4.32. The van der Waals surface area contributed by atoms with E-state index >= 15 is 0 Å². The molecule has 0 aromatic rings. The number of rotatable bonds is 3. The molecule has 1 unspecified atom stereocenters. The standard InChI is InChI=1S/C12H19N3O/c1-5-12(16)15-7-6-14(10(2)3)9-11(15)8-13-4/h5,10-11H,1,6-9H2,2-3H3. The Kier molecular flexibility index (Phi) is 4.51. The Morgan fingerprint density at radius 1 is 1.62 bits per heavy atom. The van der Waals surface area contributed by atoms with E-state index in [1.165, 1.54) is 6.08 Å². The lowest BCUT2D eigenvalue weighted by molar-refractivity contribution is -0.130. The molecule has 0 saturated carbocycles. The van der Waals surface area contributed by atoms with Crippen molar-refractivity contribution < 1.29 is 4.79 Å². The van der Waals surface area contributed by atoms with Crippen LogP contribution in [0.3, 0.4) is 0 Å². The largest absolute Gasteiger partial charge is 0.326 e. The summed E-state index contributed by atoms with van der Waals surface area (Å²) in [5.74, 6) is -0.0583. The first kappa shape index (κ1) is 12.7. The van der Waals surface area contributed by atoms with Crippen LogP contribution < -0.4 is 0 Å². The van der Waals surface area contributed by atoms with Gasteiger partial charge in [0, 0.05) is 25.7 Å². The summed E-state index contributed by atoms with van der Waals surface area (Å²) < 4.78 is 0. The first-order valence-corrected chi connectivity index (χ1v) is 5.60. The van der Waals surface area contributed by atoms with Crippen molar-refractivity contribution in [1.82, 2.24) is 9.80 Å². The van der Waals surface area contributed by atoms with Crippen molar-refractivity contribution in [3.05, 3.63) is 24.1 Å². The molecule has 1 saturated heterocycles. The van der Waals surface area contributed by atoms with Crippen LogP contribution in [0, 0.1) is 6.57 Å². The summed E-state index contributed by atoms with van der Waals surface area (Å²) in [6, 6.07) is 0.480. The molecule has 0 aliphatic carbocycles. The molecule has 1 fully saturated rings. The van der Waals surface area contributed by atoms with Crippen molar-refractivity contribution >= 4 is 5.91 Å². The van der Waals surface area contributed by atoms with Gasteiger partial charge in [-0.05, 0) is 19.9 Å². The molecule has 0 radical (unpaired) electrons. The third kappa shape index (κ3) is 2.83. The molecule has 1 aliphatic heterocycles. The van der Waals surface area contributed by atoms with Gasteiger partial charge >= 0.3 is 0 Å². The molecule has 0 aromatic heterocycles. The van der Waals surface area contributed by atoms with Crippen molar-refractivity contribution in [2.24, 2.45) is 0 Å². The summed E-state index contributed by atoms with van der Waals surface area (Å²) in [7, 11) is 0. The first-order valence-electron chi connectivity index (χ1n) is 5.60. The predicted molar refractivity (Wildman–Crippen MR) is 63.9 cm³/mol. The van der Waals surface area contributed by atoms with Crippen LogP contribution in [0.1, 0.15) is 13.8 Å². The smallest absolute Gasteiger partial charge is 0.246 e. The van der Waals surface area contributed by atoms with Crippen molar-refractivity contribution in [2.45, 2.75) is 25.9 Å². The van der Waals surface area contributed by atoms with Gasteiger partial charge in [-0.25, -0.2) is 6.57 Å². The lowest BCUT2D eigenvalue weighted by Crippen LogP contribution is -2.57. The summed E-state index contributed by atoms with van der Waals surface area (Å²) in [6.45, 7) is 17.5. The quantitative estimate of drug-likeness (QED) is 0.525. The average molecular weight is 221 g/mol. The van der Waals surface area contributed by atoms with Gasteiger partial charge in [0.2, 0.25) is 12.5 Å². The number of amides is 1. The van der Waals surface area contributed by atoms with E-state index in [4.69, 9.17) is 6.57 Å². The number of piperazine rings is 1. The summed E-state index contributed by atoms with van der Waals surface area (Å²) in [6.07, 6.45) is 1.34. The van der Waals surface area contributed by atoms with Crippen LogP contribution in [0.25, 0.3) is 4.85 Å². The Hall–Kier alpha value is -1.34. The first-order chi connectivity index (χ1) is 7.60. The Balaban J connectivity index is 2.71.